The van der Waals surface area contributed by atoms with Gasteiger partial charge < -0.3 is 15.5 Å². The summed E-state index contributed by atoms with van der Waals surface area (Å²) in [5.41, 5.74) is 0. The fourth-order valence-electron chi connectivity index (χ4n) is 3.25. The van der Waals surface area contributed by atoms with Crippen molar-refractivity contribution in [1.29, 1.82) is 0 Å². The minimum Gasteiger partial charge on any atom is -0.344 e. The fourth-order valence-corrected chi connectivity index (χ4v) is 3.25. The van der Waals surface area contributed by atoms with Gasteiger partial charge in [-0.15, -0.1) is 0 Å². The number of carbonyl (C=O) groups is 2. The van der Waals surface area contributed by atoms with Crippen molar-refractivity contribution < 1.29 is 9.59 Å². The summed E-state index contributed by atoms with van der Waals surface area (Å²) in [6, 6.07) is 0.215. The molecule has 3 heterocycles. The highest BCUT2D eigenvalue weighted by molar-refractivity contribution is 5.91. The third kappa shape index (κ3) is 2.04. The number of fused-ring (bicyclic) bond motifs is 1. The average Bonchev–Trinajstić information content (AvgIpc) is 2.93. The Morgan fingerprint density at radius 3 is 2.88 bits per heavy atom. The number of piperidine rings is 1. The topological polar surface area (TPSA) is 61.4 Å². The van der Waals surface area contributed by atoms with Crippen LogP contribution in [0.2, 0.25) is 0 Å². The Hall–Kier alpha value is -1.10. The Balaban J connectivity index is 1.62. The van der Waals surface area contributed by atoms with Crippen LogP contribution < -0.4 is 10.6 Å². The summed E-state index contributed by atoms with van der Waals surface area (Å²) in [5.74, 6) is 0.745. The maximum atomic E-state index is 12.2. The molecule has 2 amide bonds. The molecule has 17 heavy (non-hydrogen) atoms. The van der Waals surface area contributed by atoms with Gasteiger partial charge in [0.15, 0.2) is 0 Å². The Kier molecular flexibility index (Phi) is 2.78. The van der Waals surface area contributed by atoms with Crippen molar-refractivity contribution in [3.8, 4) is 0 Å². The second-order valence-corrected chi connectivity index (χ2v) is 5.36. The van der Waals surface area contributed by atoms with E-state index in [-0.39, 0.29) is 17.9 Å². The van der Waals surface area contributed by atoms with Crippen LogP contribution in [0.4, 0.5) is 0 Å². The number of nitrogens with zero attached hydrogens (tertiary/aromatic N) is 1. The number of amides is 2. The molecular formula is C12H19N3O2. The predicted molar refractivity (Wildman–Crippen MR) is 62.3 cm³/mol. The van der Waals surface area contributed by atoms with Crippen LogP contribution in [0.25, 0.3) is 0 Å². The van der Waals surface area contributed by atoms with Gasteiger partial charge in [-0.3, -0.25) is 9.59 Å². The molecule has 0 aliphatic carbocycles. The van der Waals surface area contributed by atoms with Crippen LogP contribution in [-0.4, -0.2) is 48.4 Å². The van der Waals surface area contributed by atoms with Gasteiger partial charge >= 0.3 is 0 Å². The number of hydrogen-bond donors (Lipinski definition) is 2. The molecule has 3 atom stereocenters. The van der Waals surface area contributed by atoms with Crippen LogP contribution >= 0.6 is 0 Å². The summed E-state index contributed by atoms with van der Waals surface area (Å²) < 4.78 is 0. The quantitative estimate of drug-likeness (QED) is 0.645. The smallest absolute Gasteiger partial charge is 0.245 e. The van der Waals surface area contributed by atoms with E-state index in [4.69, 9.17) is 0 Å². The van der Waals surface area contributed by atoms with Gasteiger partial charge in [0.2, 0.25) is 11.8 Å². The Morgan fingerprint density at radius 1 is 1.29 bits per heavy atom. The summed E-state index contributed by atoms with van der Waals surface area (Å²) in [4.78, 5) is 25.3. The van der Waals surface area contributed by atoms with Gasteiger partial charge in [-0.1, -0.05) is 0 Å². The van der Waals surface area contributed by atoms with Gasteiger partial charge in [0.1, 0.15) is 6.04 Å². The van der Waals surface area contributed by atoms with Crippen LogP contribution in [0.5, 0.6) is 0 Å². The summed E-state index contributed by atoms with van der Waals surface area (Å²) >= 11 is 0. The monoisotopic (exact) mass is 237 g/mol. The summed E-state index contributed by atoms with van der Waals surface area (Å²) in [7, 11) is 0. The van der Waals surface area contributed by atoms with Gasteiger partial charge in [0.25, 0.3) is 0 Å². The number of nitrogens with one attached hydrogen (secondary N) is 2. The molecular weight excluding hydrogens is 218 g/mol. The standard InChI is InChI=1S/C12H19N3O2/c16-11-4-3-9(14-11)12(17)15-6-8-2-1-5-13-10(8)7-15/h8-10,13H,1-7H2,(H,14,16)/t8-,9-,10+/m0/s1. The maximum Gasteiger partial charge on any atom is 0.245 e. The van der Waals surface area contributed by atoms with Gasteiger partial charge in [-0.05, 0) is 31.7 Å². The van der Waals surface area contributed by atoms with E-state index in [1.165, 1.54) is 12.8 Å². The molecule has 94 valence electrons. The zero-order valence-corrected chi connectivity index (χ0v) is 9.95. The lowest BCUT2D eigenvalue weighted by molar-refractivity contribution is -0.133. The Morgan fingerprint density at radius 2 is 2.18 bits per heavy atom. The zero-order valence-electron chi connectivity index (χ0n) is 9.95. The van der Waals surface area contributed by atoms with Crippen LogP contribution in [0.15, 0.2) is 0 Å². The Labute approximate surface area is 101 Å². The van der Waals surface area contributed by atoms with E-state index in [0.717, 1.165) is 19.6 Å². The largest absolute Gasteiger partial charge is 0.344 e. The fraction of sp³-hybridized carbons (Fsp3) is 0.833. The molecule has 0 saturated carbocycles. The van der Waals surface area contributed by atoms with E-state index < -0.39 is 0 Å². The van der Waals surface area contributed by atoms with E-state index in [2.05, 4.69) is 10.6 Å². The second-order valence-electron chi connectivity index (χ2n) is 5.36. The molecule has 3 rings (SSSR count). The molecule has 5 heteroatoms. The lowest BCUT2D eigenvalue weighted by Gasteiger charge is -2.24. The van der Waals surface area contributed by atoms with Gasteiger partial charge in [-0.25, -0.2) is 0 Å². The number of hydrogen-bond acceptors (Lipinski definition) is 3. The first-order valence-corrected chi connectivity index (χ1v) is 6.55. The third-order valence-corrected chi connectivity index (χ3v) is 4.20. The van der Waals surface area contributed by atoms with Gasteiger partial charge in [-0.2, -0.15) is 0 Å². The highest BCUT2D eigenvalue weighted by Crippen LogP contribution is 2.26. The highest BCUT2D eigenvalue weighted by Gasteiger charge is 2.39. The van der Waals surface area contributed by atoms with E-state index >= 15 is 0 Å². The van der Waals surface area contributed by atoms with Crippen LogP contribution in [0.3, 0.4) is 0 Å². The maximum absolute atomic E-state index is 12.2. The van der Waals surface area contributed by atoms with E-state index in [1.807, 2.05) is 4.90 Å². The normalized spacial score (nSPS) is 36.8. The van der Waals surface area contributed by atoms with E-state index in [9.17, 15) is 9.59 Å². The summed E-state index contributed by atoms with van der Waals surface area (Å²) in [6.45, 7) is 2.75. The third-order valence-electron chi connectivity index (χ3n) is 4.20. The molecule has 0 radical (unpaired) electrons. The van der Waals surface area contributed by atoms with E-state index in [1.54, 1.807) is 0 Å². The first kappa shape index (κ1) is 11.0. The minimum absolute atomic E-state index is 0.0121. The number of rotatable bonds is 1. The average molecular weight is 237 g/mol. The van der Waals surface area contributed by atoms with Crippen molar-refractivity contribution >= 4 is 11.8 Å². The molecule has 3 aliphatic heterocycles. The van der Waals surface area contributed by atoms with Gasteiger partial charge in [0, 0.05) is 25.6 Å². The van der Waals surface area contributed by atoms with Crippen molar-refractivity contribution in [2.24, 2.45) is 5.92 Å². The molecule has 5 nitrogen and oxygen atoms in total. The molecule has 0 aromatic heterocycles. The Bertz CT molecular complexity index is 331. The molecule has 2 N–H and O–H groups in total. The molecule has 3 aliphatic rings. The molecule has 0 unspecified atom stereocenters. The summed E-state index contributed by atoms with van der Waals surface area (Å²) in [6.07, 6.45) is 3.59. The van der Waals surface area contributed by atoms with Crippen molar-refractivity contribution in [1.82, 2.24) is 15.5 Å². The lowest BCUT2D eigenvalue weighted by Crippen LogP contribution is -2.45. The van der Waals surface area contributed by atoms with Crippen molar-refractivity contribution in [2.45, 2.75) is 37.8 Å². The predicted octanol–water partition coefficient (Wildman–Crippen LogP) is -0.525. The van der Waals surface area contributed by atoms with E-state index in [0.29, 0.717) is 24.8 Å². The van der Waals surface area contributed by atoms with Crippen LogP contribution in [-0.2, 0) is 9.59 Å². The van der Waals surface area contributed by atoms with Crippen LogP contribution in [0, 0.1) is 5.92 Å². The molecule has 3 saturated heterocycles. The first-order valence-electron chi connectivity index (χ1n) is 6.55. The number of likely N-dealkylation sites (tertiary alicyclic amines) is 1. The minimum atomic E-state index is -0.261. The van der Waals surface area contributed by atoms with Crippen LogP contribution in [0.1, 0.15) is 25.7 Å². The highest BCUT2D eigenvalue weighted by atomic mass is 16.2. The number of carbonyl (C=O) groups excluding carboxylic acids is 2. The zero-order chi connectivity index (χ0) is 11.8. The molecule has 3 fully saturated rings. The summed E-state index contributed by atoms with van der Waals surface area (Å²) in [5, 5.41) is 6.25. The second kappa shape index (κ2) is 4.29. The van der Waals surface area contributed by atoms with Crippen molar-refractivity contribution in [2.75, 3.05) is 19.6 Å². The SMILES string of the molecule is O=C1CC[C@@H](C(=O)N2C[C@@H]3CCCN[C@@H]3C2)N1. The first-order chi connectivity index (χ1) is 8.24. The lowest BCUT2D eigenvalue weighted by atomic mass is 9.94. The molecule has 0 aromatic rings. The van der Waals surface area contributed by atoms with Crippen molar-refractivity contribution in [3.05, 3.63) is 0 Å². The molecule has 0 spiro atoms. The van der Waals surface area contributed by atoms with Gasteiger partial charge in [0.05, 0.1) is 0 Å². The van der Waals surface area contributed by atoms with Crippen molar-refractivity contribution in [3.63, 3.8) is 0 Å². The molecule has 0 aromatic carbocycles. The molecule has 0 bridgehead atoms.